The Bertz CT molecular complexity index is 707. The maximum Gasteiger partial charge on any atom is 0.152 e. The quantitative estimate of drug-likeness (QED) is 0.781. The van der Waals surface area contributed by atoms with Crippen LogP contribution in [0.2, 0.25) is 10.2 Å². The smallest absolute Gasteiger partial charge is 0.152 e. The van der Waals surface area contributed by atoms with Gasteiger partial charge < -0.3 is 5.32 Å². The standard InChI is InChI=1S/C14H11Cl2N3/c15-11-6-7-19-14(11)12(8-13(16)18-19)17-9-10-4-2-1-3-5-10/h1-8,17H,9H2. The van der Waals surface area contributed by atoms with Crippen molar-refractivity contribution in [3.63, 3.8) is 0 Å². The number of rotatable bonds is 3. The zero-order chi connectivity index (χ0) is 13.2. The molecule has 19 heavy (non-hydrogen) atoms. The van der Waals surface area contributed by atoms with Gasteiger partial charge in [0, 0.05) is 18.8 Å². The number of fused-ring (bicyclic) bond motifs is 1. The summed E-state index contributed by atoms with van der Waals surface area (Å²) < 4.78 is 1.68. The van der Waals surface area contributed by atoms with Crippen molar-refractivity contribution < 1.29 is 0 Å². The number of benzene rings is 1. The van der Waals surface area contributed by atoms with Crippen molar-refractivity contribution in [2.24, 2.45) is 0 Å². The van der Waals surface area contributed by atoms with Crippen LogP contribution >= 0.6 is 23.2 Å². The summed E-state index contributed by atoms with van der Waals surface area (Å²) in [5.41, 5.74) is 2.90. The van der Waals surface area contributed by atoms with Crippen molar-refractivity contribution in [3.05, 3.63) is 64.4 Å². The predicted molar refractivity (Wildman–Crippen MR) is 79.0 cm³/mol. The van der Waals surface area contributed by atoms with E-state index in [1.165, 1.54) is 5.56 Å². The molecule has 96 valence electrons. The topological polar surface area (TPSA) is 29.3 Å². The molecule has 3 nitrogen and oxygen atoms in total. The highest BCUT2D eigenvalue weighted by atomic mass is 35.5. The van der Waals surface area contributed by atoms with Crippen molar-refractivity contribution >= 4 is 34.4 Å². The van der Waals surface area contributed by atoms with Gasteiger partial charge in [0.15, 0.2) is 5.15 Å². The summed E-state index contributed by atoms with van der Waals surface area (Å²) in [6, 6.07) is 13.7. The van der Waals surface area contributed by atoms with E-state index in [1.807, 2.05) is 18.2 Å². The van der Waals surface area contributed by atoms with Crippen LogP contribution in [-0.4, -0.2) is 9.61 Å². The highest BCUT2D eigenvalue weighted by molar-refractivity contribution is 6.35. The van der Waals surface area contributed by atoms with Gasteiger partial charge in [0.1, 0.15) is 5.52 Å². The van der Waals surface area contributed by atoms with E-state index >= 15 is 0 Å². The van der Waals surface area contributed by atoms with Crippen molar-refractivity contribution in [2.45, 2.75) is 6.54 Å². The van der Waals surface area contributed by atoms with Gasteiger partial charge in [0.05, 0.1) is 10.7 Å². The van der Waals surface area contributed by atoms with Gasteiger partial charge in [-0.05, 0) is 11.6 Å². The minimum Gasteiger partial charge on any atom is -0.379 e. The zero-order valence-corrected chi connectivity index (χ0v) is 11.5. The van der Waals surface area contributed by atoms with Crippen molar-refractivity contribution in [1.29, 1.82) is 0 Å². The fourth-order valence-electron chi connectivity index (χ4n) is 1.98. The highest BCUT2D eigenvalue weighted by Crippen LogP contribution is 2.27. The van der Waals surface area contributed by atoms with Gasteiger partial charge >= 0.3 is 0 Å². The normalized spacial score (nSPS) is 10.8. The van der Waals surface area contributed by atoms with Crippen molar-refractivity contribution in [1.82, 2.24) is 9.61 Å². The Morgan fingerprint density at radius 3 is 2.68 bits per heavy atom. The second-order valence-electron chi connectivity index (χ2n) is 4.18. The van der Waals surface area contributed by atoms with Crippen LogP contribution in [0.3, 0.4) is 0 Å². The van der Waals surface area contributed by atoms with E-state index in [4.69, 9.17) is 23.2 Å². The molecule has 2 aromatic heterocycles. The largest absolute Gasteiger partial charge is 0.379 e. The molecule has 0 spiro atoms. The van der Waals surface area contributed by atoms with Gasteiger partial charge in [-0.25, -0.2) is 4.52 Å². The van der Waals surface area contributed by atoms with Crippen LogP contribution in [0.15, 0.2) is 48.7 Å². The Kier molecular flexibility index (Phi) is 3.32. The third-order valence-corrected chi connectivity index (χ3v) is 3.35. The molecule has 3 rings (SSSR count). The average molecular weight is 292 g/mol. The number of nitrogens with zero attached hydrogens (tertiary/aromatic N) is 2. The molecule has 5 heteroatoms. The molecular formula is C14H11Cl2N3. The lowest BCUT2D eigenvalue weighted by molar-refractivity contribution is 0.939. The van der Waals surface area contributed by atoms with Crippen molar-refractivity contribution in [3.8, 4) is 0 Å². The van der Waals surface area contributed by atoms with Crippen LogP contribution in [0.25, 0.3) is 5.52 Å². The summed E-state index contributed by atoms with van der Waals surface area (Å²) in [6.45, 7) is 0.707. The van der Waals surface area contributed by atoms with Gasteiger partial charge in [-0.2, -0.15) is 5.10 Å². The molecule has 0 amide bonds. The van der Waals surface area contributed by atoms with E-state index in [2.05, 4.69) is 22.5 Å². The summed E-state index contributed by atoms with van der Waals surface area (Å²) in [7, 11) is 0. The van der Waals surface area contributed by atoms with E-state index < -0.39 is 0 Å². The summed E-state index contributed by atoms with van der Waals surface area (Å²) in [4.78, 5) is 0. The molecule has 0 aliphatic heterocycles. The lowest BCUT2D eigenvalue weighted by Gasteiger charge is -2.09. The minimum absolute atomic E-state index is 0.426. The molecule has 3 aromatic rings. The highest BCUT2D eigenvalue weighted by Gasteiger charge is 2.08. The van der Waals surface area contributed by atoms with Crippen molar-refractivity contribution in [2.75, 3.05) is 5.32 Å². The first kappa shape index (κ1) is 12.3. The summed E-state index contributed by atoms with van der Waals surface area (Å²) in [5.74, 6) is 0. The van der Waals surface area contributed by atoms with E-state index in [-0.39, 0.29) is 0 Å². The first-order chi connectivity index (χ1) is 9.24. The molecule has 0 bridgehead atoms. The van der Waals surface area contributed by atoms with Gasteiger partial charge in [-0.15, -0.1) is 0 Å². The predicted octanol–water partition coefficient (Wildman–Crippen LogP) is 4.25. The van der Waals surface area contributed by atoms with E-state index in [1.54, 1.807) is 22.8 Å². The molecule has 0 atom stereocenters. The van der Waals surface area contributed by atoms with Crippen LogP contribution in [0, 0.1) is 0 Å². The zero-order valence-electron chi connectivity index (χ0n) is 9.98. The molecule has 0 fully saturated rings. The van der Waals surface area contributed by atoms with Crippen LogP contribution in [0.4, 0.5) is 5.69 Å². The fourth-order valence-corrected chi connectivity index (χ4v) is 2.42. The van der Waals surface area contributed by atoms with Gasteiger partial charge in [-0.3, -0.25) is 0 Å². The Labute approximate surface area is 120 Å². The number of hydrogen-bond acceptors (Lipinski definition) is 2. The van der Waals surface area contributed by atoms with Crippen LogP contribution in [-0.2, 0) is 6.54 Å². The lowest BCUT2D eigenvalue weighted by atomic mass is 10.2. The minimum atomic E-state index is 0.426. The maximum atomic E-state index is 6.17. The molecule has 0 saturated carbocycles. The molecule has 1 aromatic carbocycles. The van der Waals surface area contributed by atoms with Gasteiger partial charge in [-0.1, -0.05) is 53.5 Å². The van der Waals surface area contributed by atoms with Crippen LogP contribution in [0.1, 0.15) is 5.56 Å². The third-order valence-electron chi connectivity index (χ3n) is 2.87. The Morgan fingerprint density at radius 2 is 1.89 bits per heavy atom. The Hall–Kier alpha value is -1.71. The Morgan fingerprint density at radius 1 is 1.11 bits per heavy atom. The molecule has 0 unspecified atom stereocenters. The molecule has 0 radical (unpaired) electrons. The monoisotopic (exact) mass is 291 g/mol. The number of hydrogen-bond donors (Lipinski definition) is 1. The number of halogens is 2. The van der Waals surface area contributed by atoms with Crippen LogP contribution < -0.4 is 5.32 Å². The molecular weight excluding hydrogens is 281 g/mol. The second-order valence-corrected chi connectivity index (χ2v) is 4.97. The third kappa shape index (κ3) is 2.53. The number of anilines is 1. The summed E-state index contributed by atoms with van der Waals surface area (Å²) in [5, 5.41) is 8.59. The number of nitrogens with one attached hydrogen (secondary N) is 1. The molecule has 0 aliphatic rings. The molecule has 0 saturated heterocycles. The van der Waals surface area contributed by atoms with Crippen LogP contribution in [0.5, 0.6) is 0 Å². The summed E-state index contributed by atoms with van der Waals surface area (Å²) in [6.07, 6.45) is 1.79. The van der Waals surface area contributed by atoms with Gasteiger partial charge in [0.2, 0.25) is 0 Å². The molecule has 1 N–H and O–H groups in total. The fraction of sp³-hybridized carbons (Fsp3) is 0.0714. The Balaban J connectivity index is 1.94. The number of aromatic nitrogens is 2. The second kappa shape index (κ2) is 5.11. The molecule has 2 heterocycles. The first-order valence-electron chi connectivity index (χ1n) is 5.85. The van der Waals surface area contributed by atoms with E-state index in [0.717, 1.165) is 11.2 Å². The SMILES string of the molecule is Clc1cc(NCc2ccccc2)c2c(Cl)ccn2n1. The van der Waals surface area contributed by atoms with E-state index in [0.29, 0.717) is 16.7 Å². The average Bonchev–Trinajstić information content (AvgIpc) is 2.79. The molecule has 0 aliphatic carbocycles. The van der Waals surface area contributed by atoms with Gasteiger partial charge in [0.25, 0.3) is 0 Å². The van der Waals surface area contributed by atoms with E-state index in [9.17, 15) is 0 Å². The summed E-state index contributed by atoms with van der Waals surface area (Å²) >= 11 is 12.2. The maximum absolute atomic E-state index is 6.17. The lowest BCUT2D eigenvalue weighted by Crippen LogP contribution is -2.02. The first-order valence-corrected chi connectivity index (χ1v) is 6.61.